The number of hydrogen-bond donors (Lipinski definition) is 7. The summed E-state index contributed by atoms with van der Waals surface area (Å²) in [6, 6.07) is 20.3. The molecule has 0 aliphatic rings. The lowest BCUT2D eigenvalue weighted by atomic mass is 9.85. The first-order valence-electron chi connectivity index (χ1n) is 14.1. The average Bonchev–Trinajstić information content (AvgIpc) is 3.06. The van der Waals surface area contributed by atoms with Gasteiger partial charge in [-0.1, -0.05) is 54.6 Å². The van der Waals surface area contributed by atoms with Crippen LogP contribution < -0.4 is 16.2 Å². The van der Waals surface area contributed by atoms with Crippen molar-refractivity contribution in [2.75, 3.05) is 19.6 Å². The monoisotopic (exact) mass is 609 g/mol. The number of carboxylic acids is 1. The lowest BCUT2D eigenvalue weighted by Crippen LogP contribution is -2.36. The maximum Gasteiger partial charge on any atom is 0.345 e. The van der Waals surface area contributed by atoms with Crippen molar-refractivity contribution in [3.63, 3.8) is 0 Å². The minimum atomic E-state index is -2.29. The number of amides is 1. The van der Waals surface area contributed by atoms with Gasteiger partial charge in [0.25, 0.3) is 5.91 Å². The van der Waals surface area contributed by atoms with Gasteiger partial charge in [-0.25, -0.2) is 9.78 Å². The fraction of sp³-hybridized carbons (Fsp3) is 0.182. The zero-order valence-corrected chi connectivity index (χ0v) is 24.0. The molecule has 0 aliphatic heterocycles. The van der Waals surface area contributed by atoms with E-state index in [0.29, 0.717) is 41.7 Å². The number of nitrogens with zero attached hydrogens (tertiary/aromatic N) is 2. The second-order valence-electron chi connectivity index (χ2n) is 10.4. The van der Waals surface area contributed by atoms with Crippen LogP contribution in [0.5, 0.6) is 5.75 Å². The van der Waals surface area contributed by atoms with Crippen LogP contribution in [0, 0.1) is 0 Å². The van der Waals surface area contributed by atoms with Gasteiger partial charge in [0.2, 0.25) is 11.2 Å². The number of aliphatic hydroxyl groups excluding tert-OH is 1. The van der Waals surface area contributed by atoms with Crippen molar-refractivity contribution < 1.29 is 30.0 Å². The predicted molar refractivity (Wildman–Crippen MR) is 166 cm³/mol. The Bertz CT molecular complexity index is 1900. The molecule has 12 nitrogen and oxygen atoms in total. The van der Waals surface area contributed by atoms with E-state index in [4.69, 9.17) is 0 Å². The number of nitrogens with one attached hydrogen (secondary N) is 3. The number of benzene rings is 3. The molecule has 5 rings (SSSR count). The molecule has 0 bridgehead atoms. The van der Waals surface area contributed by atoms with Crippen molar-refractivity contribution >= 4 is 22.8 Å². The molecule has 0 saturated heterocycles. The van der Waals surface area contributed by atoms with E-state index in [-0.39, 0.29) is 40.2 Å². The molecule has 45 heavy (non-hydrogen) atoms. The quantitative estimate of drug-likeness (QED) is 0.103. The standard InChI is InChI=1S/C33H31N5O7/c39-27-12-10-23(24-11-13-29(41)38-30(24)27)28(40)19-34-14-5-15-36-31(42)26-18-35-17-25(37-26)20-6-4-9-22(16-20)33(45,32(43)44)21-7-2-1-3-8-21/h1-4,6-13,16-18,28,34,39-40,45H,5,14-15,19H2,(H,36,42)(H,38,41)(H,43,44)/t28-,33-/m0/s1. The van der Waals surface area contributed by atoms with Crippen molar-refractivity contribution in [3.05, 3.63) is 124 Å². The van der Waals surface area contributed by atoms with Gasteiger partial charge in [-0.05, 0) is 42.3 Å². The number of aromatic nitrogens is 3. The van der Waals surface area contributed by atoms with Crippen LogP contribution in [-0.4, -0.2) is 66.9 Å². The second-order valence-corrected chi connectivity index (χ2v) is 10.4. The van der Waals surface area contributed by atoms with E-state index in [1.165, 1.54) is 48.8 Å². The van der Waals surface area contributed by atoms with Crippen molar-refractivity contribution in [1.29, 1.82) is 0 Å². The summed E-state index contributed by atoms with van der Waals surface area (Å²) >= 11 is 0. The topological polar surface area (TPSA) is 198 Å². The van der Waals surface area contributed by atoms with Crippen LogP contribution in [-0.2, 0) is 10.4 Å². The molecule has 230 valence electrons. The van der Waals surface area contributed by atoms with E-state index in [0.717, 1.165) is 0 Å². The van der Waals surface area contributed by atoms with Crippen LogP contribution in [0.25, 0.3) is 22.2 Å². The third-order valence-electron chi connectivity index (χ3n) is 7.36. The Morgan fingerprint density at radius 1 is 0.933 bits per heavy atom. The molecule has 0 spiro atoms. The molecule has 2 atom stereocenters. The Hall–Kier alpha value is -5.43. The normalized spacial score (nSPS) is 13.2. The van der Waals surface area contributed by atoms with Crippen molar-refractivity contribution in [1.82, 2.24) is 25.6 Å². The summed E-state index contributed by atoms with van der Waals surface area (Å²) in [5.74, 6) is -1.96. The van der Waals surface area contributed by atoms with Gasteiger partial charge < -0.3 is 36.0 Å². The number of phenols is 1. The lowest BCUT2D eigenvalue weighted by molar-refractivity contribution is -0.155. The number of pyridine rings is 1. The molecule has 2 heterocycles. The molecule has 0 unspecified atom stereocenters. The molecule has 7 N–H and O–H groups in total. The highest BCUT2D eigenvalue weighted by molar-refractivity contribution is 5.92. The number of aliphatic carboxylic acids is 1. The summed E-state index contributed by atoms with van der Waals surface area (Å²) in [4.78, 5) is 47.7. The van der Waals surface area contributed by atoms with Crippen LogP contribution >= 0.6 is 0 Å². The van der Waals surface area contributed by atoms with Crippen LogP contribution in [0.4, 0.5) is 0 Å². The molecular weight excluding hydrogens is 578 g/mol. The minimum Gasteiger partial charge on any atom is -0.506 e. The smallest absolute Gasteiger partial charge is 0.345 e. The SMILES string of the molecule is O=C(NCCCNC[C@H](O)c1ccc(O)c2[nH]c(=O)ccc12)c1cncc(-c2cccc([C@](O)(C(=O)O)c3ccccc3)c2)n1. The fourth-order valence-electron chi connectivity index (χ4n) is 5.02. The summed E-state index contributed by atoms with van der Waals surface area (Å²) in [5.41, 5.74) is -0.647. The van der Waals surface area contributed by atoms with E-state index >= 15 is 0 Å². The van der Waals surface area contributed by atoms with Crippen LogP contribution in [0.3, 0.4) is 0 Å². The summed E-state index contributed by atoms with van der Waals surface area (Å²) in [6.45, 7) is 1.01. The molecule has 5 aromatic rings. The highest BCUT2D eigenvalue weighted by Crippen LogP contribution is 2.32. The zero-order valence-electron chi connectivity index (χ0n) is 24.0. The van der Waals surface area contributed by atoms with E-state index < -0.39 is 23.6 Å². The third kappa shape index (κ3) is 6.73. The highest BCUT2D eigenvalue weighted by Gasteiger charge is 2.40. The Kier molecular flexibility index (Phi) is 9.28. The maximum absolute atomic E-state index is 12.8. The van der Waals surface area contributed by atoms with Gasteiger partial charge in [-0.3, -0.25) is 14.6 Å². The molecular formula is C33H31N5O7. The molecule has 3 aromatic carbocycles. The van der Waals surface area contributed by atoms with E-state index in [2.05, 4.69) is 25.6 Å². The number of fused-ring (bicyclic) bond motifs is 1. The first-order valence-corrected chi connectivity index (χ1v) is 14.1. The summed E-state index contributed by atoms with van der Waals surface area (Å²) in [6.07, 6.45) is 2.42. The zero-order chi connectivity index (χ0) is 32.0. The van der Waals surface area contributed by atoms with Crippen LogP contribution in [0.1, 0.15) is 39.7 Å². The molecule has 0 saturated carbocycles. The fourth-order valence-corrected chi connectivity index (χ4v) is 5.02. The van der Waals surface area contributed by atoms with Gasteiger partial charge in [0.15, 0.2) is 0 Å². The second kappa shape index (κ2) is 13.5. The summed E-state index contributed by atoms with van der Waals surface area (Å²) in [7, 11) is 0. The van der Waals surface area contributed by atoms with Crippen LogP contribution in [0.2, 0.25) is 0 Å². The third-order valence-corrected chi connectivity index (χ3v) is 7.36. The number of rotatable bonds is 12. The van der Waals surface area contributed by atoms with E-state index in [1.807, 2.05) is 0 Å². The number of hydrogen-bond acceptors (Lipinski definition) is 9. The van der Waals surface area contributed by atoms with Gasteiger partial charge in [-0.15, -0.1) is 0 Å². The van der Waals surface area contributed by atoms with Crippen molar-refractivity contribution in [2.45, 2.75) is 18.1 Å². The van der Waals surface area contributed by atoms with Gasteiger partial charge in [0.05, 0.1) is 29.7 Å². The van der Waals surface area contributed by atoms with Gasteiger partial charge in [0.1, 0.15) is 11.4 Å². The molecule has 0 aliphatic carbocycles. The number of aliphatic hydroxyl groups is 2. The molecule has 12 heteroatoms. The van der Waals surface area contributed by atoms with Crippen molar-refractivity contribution in [3.8, 4) is 17.0 Å². The number of carbonyl (C=O) groups excluding carboxylic acids is 1. The van der Waals surface area contributed by atoms with E-state index in [1.54, 1.807) is 42.5 Å². The number of aromatic amines is 1. The number of carboxylic acid groups (broad SMARTS) is 1. The largest absolute Gasteiger partial charge is 0.506 e. The predicted octanol–water partition coefficient (Wildman–Crippen LogP) is 2.45. The first-order chi connectivity index (χ1) is 21.7. The first kappa shape index (κ1) is 31.0. The van der Waals surface area contributed by atoms with E-state index in [9.17, 15) is 34.8 Å². The number of phenolic OH excluding ortho intramolecular Hbond substituents is 1. The molecule has 0 radical (unpaired) electrons. The minimum absolute atomic E-state index is 0.0649. The molecule has 0 fully saturated rings. The van der Waals surface area contributed by atoms with Gasteiger partial charge in [0, 0.05) is 35.7 Å². The van der Waals surface area contributed by atoms with Gasteiger partial charge in [-0.2, -0.15) is 0 Å². The average molecular weight is 610 g/mol. The Morgan fingerprint density at radius 3 is 2.49 bits per heavy atom. The maximum atomic E-state index is 12.8. The van der Waals surface area contributed by atoms with Crippen molar-refractivity contribution in [2.24, 2.45) is 0 Å². The molecule has 1 amide bonds. The number of aromatic hydroxyl groups is 1. The van der Waals surface area contributed by atoms with Crippen LogP contribution in [0.15, 0.2) is 96.1 Å². The molecule has 2 aromatic heterocycles. The number of H-pyrrole nitrogens is 1. The highest BCUT2D eigenvalue weighted by atomic mass is 16.4. The number of carbonyl (C=O) groups is 2. The summed E-state index contributed by atoms with van der Waals surface area (Å²) < 4.78 is 0. The Labute approximate surface area is 257 Å². The Morgan fingerprint density at radius 2 is 1.71 bits per heavy atom. The summed E-state index contributed by atoms with van der Waals surface area (Å²) in [5, 5.41) is 48.3. The van der Waals surface area contributed by atoms with Gasteiger partial charge >= 0.3 is 5.97 Å². The Balaban J connectivity index is 1.17. The lowest BCUT2D eigenvalue weighted by Gasteiger charge is -2.25.